The Bertz CT molecular complexity index is 1440. The fourth-order valence-electron chi connectivity index (χ4n) is 3.90. The molecule has 2 aromatic carbocycles. The standard InChI is InChI=1S/C26H30N6O3S/c1-4-31(5-2)16-14-28-26(33)20-6-10-21(11-7-20)30-24-25-27-15-17-32(25)23(18-29-24)19-8-12-22(13-9-19)36(3,34)35/h6-13,15,17-18H,4-5,14,16H2,1-3H3,(H,28,33)(H,29,30). The molecule has 0 saturated heterocycles. The van der Waals surface area contributed by atoms with Gasteiger partial charge in [-0.1, -0.05) is 26.0 Å². The number of sulfone groups is 1. The van der Waals surface area contributed by atoms with E-state index in [9.17, 15) is 13.2 Å². The maximum Gasteiger partial charge on any atom is 0.251 e. The lowest BCUT2D eigenvalue weighted by Gasteiger charge is -2.18. The summed E-state index contributed by atoms with van der Waals surface area (Å²) in [4.78, 5) is 24.0. The van der Waals surface area contributed by atoms with Gasteiger partial charge in [0.05, 0.1) is 16.8 Å². The Hall–Kier alpha value is -3.76. The summed E-state index contributed by atoms with van der Waals surface area (Å²) in [7, 11) is -3.27. The van der Waals surface area contributed by atoms with Crippen LogP contribution in [0, 0.1) is 0 Å². The molecule has 188 valence electrons. The van der Waals surface area contributed by atoms with E-state index in [4.69, 9.17) is 0 Å². The minimum Gasteiger partial charge on any atom is -0.351 e. The van der Waals surface area contributed by atoms with Crippen molar-refractivity contribution in [3.63, 3.8) is 0 Å². The SMILES string of the molecule is CCN(CC)CCNC(=O)c1ccc(Nc2ncc(-c3ccc(S(C)(=O)=O)cc3)n3ccnc23)cc1. The van der Waals surface area contributed by atoms with E-state index in [0.29, 0.717) is 23.6 Å². The van der Waals surface area contributed by atoms with Crippen LogP contribution in [0.15, 0.2) is 72.0 Å². The summed E-state index contributed by atoms with van der Waals surface area (Å²) in [6.07, 6.45) is 6.41. The molecule has 0 radical (unpaired) electrons. The zero-order valence-electron chi connectivity index (χ0n) is 20.6. The number of aromatic nitrogens is 3. The molecule has 0 unspecified atom stereocenters. The third kappa shape index (κ3) is 5.72. The van der Waals surface area contributed by atoms with Crippen molar-refractivity contribution in [1.82, 2.24) is 24.6 Å². The predicted octanol–water partition coefficient (Wildman–Crippen LogP) is 3.62. The van der Waals surface area contributed by atoms with Gasteiger partial charge in [-0.15, -0.1) is 0 Å². The van der Waals surface area contributed by atoms with Crippen molar-refractivity contribution in [3.8, 4) is 11.3 Å². The van der Waals surface area contributed by atoms with Gasteiger partial charge in [0, 0.05) is 48.6 Å². The van der Waals surface area contributed by atoms with Gasteiger partial charge in [0.1, 0.15) is 0 Å². The monoisotopic (exact) mass is 506 g/mol. The van der Waals surface area contributed by atoms with E-state index in [1.807, 2.05) is 22.7 Å². The molecule has 2 aromatic heterocycles. The number of nitrogens with one attached hydrogen (secondary N) is 2. The molecule has 0 saturated carbocycles. The smallest absolute Gasteiger partial charge is 0.251 e. The van der Waals surface area contributed by atoms with Crippen LogP contribution in [0.5, 0.6) is 0 Å². The molecular weight excluding hydrogens is 476 g/mol. The Balaban J connectivity index is 1.48. The third-order valence-electron chi connectivity index (χ3n) is 6.02. The quantitative estimate of drug-likeness (QED) is 0.338. The number of anilines is 2. The summed E-state index contributed by atoms with van der Waals surface area (Å²) < 4.78 is 25.4. The Morgan fingerprint density at radius 1 is 1.00 bits per heavy atom. The Kier molecular flexibility index (Phi) is 7.66. The van der Waals surface area contributed by atoms with E-state index in [0.717, 1.165) is 36.6 Å². The number of likely N-dealkylation sites (N-methyl/N-ethyl adjacent to an activating group) is 1. The van der Waals surface area contributed by atoms with Crippen molar-refractivity contribution in [3.05, 3.63) is 72.7 Å². The van der Waals surface area contributed by atoms with E-state index in [-0.39, 0.29) is 10.8 Å². The van der Waals surface area contributed by atoms with Crippen molar-refractivity contribution in [1.29, 1.82) is 0 Å². The van der Waals surface area contributed by atoms with Crippen LogP contribution in [0.3, 0.4) is 0 Å². The predicted molar refractivity (Wildman–Crippen MR) is 141 cm³/mol. The van der Waals surface area contributed by atoms with E-state index in [1.54, 1.807) is 48.8 Å². The zero-order chi connectivity index (χ0) is 25.7. The average molecular weight is 507 g/mol. The second kappa shape index (κ2) is 10.9. The summed E-state index contributed by atoms with van der Waals surface area (Å²) in [5.41, 5.74) is 3.59. The molecule has 0 aliphatic carbocycles. The molecule has 0 fully saturated rings. The van der Waals surface area contributed by atoms with Gasteiger partial charge in [-0.3, -0.25) is 9.20 Å². The molecule has 2 N–H and O–H groups in total. The molecule has 0 aliphatic rings. The van der Waals surface area contributed by atoms with Crippen LogP contribution in [0.25, 0.3) is 16.9 Å². The second-order valence-corrected chi connectivity index (χ2v) is 10.4. The maximum absolute atomic E-state index is 12.5. The van der Waals surface area contributed by atoms with Crippen LogP contribution >= 0.6 is 0 Å². The molecule has 0 spiro atoms. The second-order valence-electron chi connectivity index (χ2n) is 8.39. The molecule has 2 heterocycles. The van der Waals surface area contributed by atoms with Gasteiger partial charge < -0.3 is 15.5 Å². The molecule has 36 heavy (non-hydrogen) atoms. The van der Waals surface area contributed by atoms with Crippen LogP contribution in [-0.2, 0) is 9.84 Å². The van der Waals surface area contributed by atoms with Crippen molar-refractivity contribution in [2.45, 2.75) is 18.7 Å². The fraction of sp³-hybridized carbons (Fsp3) is 0.269. The van der Waals surface area contributed by atoms with Crippen molar-refractivity contribution in [2.75, 3.05) is 37.8 Å². The first-order valence-corrected chi connectivity index (χ1v) is 13.7. The lowest BCUT2D eigenvalue weighted by molar-refractivity contribution is 0.0949. The van der Waals surface area contributed by atoms with Crippen molar-refractivity contribution in [2.24, 2.45) is 0 Å². The number of hydrogen-bond donors (Lipinski definition) is 2. The molecule has 9 nitrogen and oxygen atoms in total. The van der Waals surface area contributed by atoms with Gasteiger partial charge >= 0.3 is 0 Å². The molecule has 10 heteroatoms. The Morgan fingerprint density at radius 3 is 2.33 bits per heavy atom. The largest absolute Gasteiger partial charge is 0.351 e. The number of benzene rings is 2. The summed E-state index contributed by atoms with van der Waals surface area (Å²) in [5, 5.41) is 6.23. The van der Waals surface area contributed by atoms with Crippen LogP contribution in [0.2, 0.25) is 0 Å². The molecule has 0 bridgehead atoms. The molecule has 1 amide bonds. The number of fused-ring (bicyclic) bond motifs is 1. The highest BCUT2D eigenvalue weighted by molar-refractivity contribution is 7.90. The lowest BCUT2D eigenvalue weighted by atomic mass is 10.1. The minimum atomic E-state index is -3.27. The number of amides is 1. The topological polar surface area (TPSA) is 109 Å². The van der Waals surface area contributed by atoms with Crippen molar-refractivity contribution >= 4 is 32.9 Å². The van der Waals surface area contributed by atoms with Crippen LogP contribution in [0.1, 0.15) is 24.2 Å². The highest BCUT2D eigenvalue weighted by Crippen LogP contribution is 2.26. The number of carbonyl (C=O) groups excluding carboxylic acids is 1. The lowest BCUT2D eigenvalue weighted by Crippen LogP contribution is -2.34. The van der Waals surface area contributed by atoms with E-state index in [1.165, 1.54) is 6.26 Å². The number of nitrogens with zero attached hydrogens (tertiary/aromatic N) is 4. The van der Waals surface area contributed by atoms with Crippen LogP contribution in [0.4, 0.5) is 11.5 Å². The number of imidazole rings is 1. The summed E-state index contributed by atoms with van der Waals surface area (Å²) >= 11 is 0. The molecule has 4 aromatic rings. The minimum absolute atomic E-state index is 0.103. The van der Waals surface area contributed by atoms with E-state index in [2.05, 4.69) is 39.3 Å². The molecule has 4 rings (SSSR count). The van der Waals surface area contributed by atoms with Crippen molar-refractivity contribution < 1.29 is 13.2 Å². The maximum atomic E-state index is 12.5. The van der Waals surface area contributed by atoms with Gasteiger partial charge in [-0.25, -0.2) is 18.4 Å². The van der Waals surface area contributed by atoms with Gasteiger partial charge in [0.25, 0.3) is 5.91 Å². The first-order valence-electron chi connectivity index (χ1n) is 11.8. The fourth-order valence-corrected chi connectivity index (χ4v) is 4.53. The third-order valence-corrected chi connectivity index (χ3v) is 7.15. The summed E-state index contributed by atoms with van der Waals surface area (Å²) in [6, 6.07) is 13.9. The van der Waals surface area contributed by atoms with Gasteiger partial charge in [0.15, 0.2) is 21.3 Å². The molecular formula is C26H30N6O3S. The highest BCUT2D eigenvalue weighted by atomic mass is 32.2. The van der Waals surface area contributed by atoms with Gasteiger partial charge in [0.2, 0.25) is 0 Å². The molecule has 0 atom stereocenters. The zero-order valence-corrected chi connectivity index (χ0v) is 21.4. The Labute approximate surface area is 211 Å². The number of carbonyl (C=O) groups is 1. The summed E-state index contributed by atoms with van der Waals surface area (Å²) in [5.74, 6) is 0.460. The van der Waals surface area contributed by atoms with Crippen LogP contribution in [-0.4, -0.2) is 66.0 Å². The van der Waals surface area contributed by atoms with E-state index >= 15 is 0 Å². The highest BCUT2D eigenvalue weighted by Gasteiger charge is 2.13. The Morgan fingerprint density at radius 2 is 1.69 bits per heavy atom. The normalized spacial score (nSPS) is 11.7. The molecule has 0 aliphatic heterocycles. The van der Waals surface area contributed by atoms with Crippen LogP contribution < -0.4 is 10.6 Å². The summed E-state index contributed by atoms with van der Waals surface area (Å²) in [6.45, 7) is 7.56. The van der Waals surface area contributed by atoms with Gasteiger partial charge in [-0.2, -0.15) is 0 Å². The first-order chi connectivity index (χ1) is 17.3. The average Bonchev–Trinajstić information content (AvgIpc) is 3.37. The van der Waals surface area contributed by atoms with E-state index < -0.39 is 9.84 Å². The number of hydrogen-bond acceptors (Lipinski definition) is 7. The first kappa shape index (κ1) is 25.3. The van der Waals surface area contributed by atoms with Gasteiger partial charge in [-0.05, 0) is 49.5 Å². The number of rotatable bonds is 10.